The summed E-state index contributed by atoms with van der Waals surface area (Å²) in [5.41, 5.74) is 11.0. The van der Waals surface area contributed by atoms with Crippen molar-refractivity contribution in [3.8, 4) is 0 Å². The maximum atomic E-state index is 14.0. The maximum Gasteiger partial charge on any atom is 0.400 e. The number of amides is 4. The Bertz CT molecular complexity index is 1200. The van der Waals surface area contributed by atoms with Crippen LogP contribution in [0.5, 0.6) is 0 Å². The van der Waals surface area contributed by atoms with E-state index in [4.69, 9.17) is 11.5 Å². The zero-order valence-corrected chi connectivity index (χ0v) is 19.0. The molecule has 0 radical (unpaired) electrons. The fourth-order valence-electron chi connectivity index (χ4n) is 4.24. The van der Waals surface area contributed by atoms with Crippen LogP contribution in [0.25, 0.3) is 0 Å². The summed E-state index contributed by atoms with van der Waals surface area (Å²) < 4.78 is 42.0. The molecule has 0 spiro atoms. The standard InChI is InChI=1S/C21H21F3N6O4S/c22-21(23,24)12(8-13-15(16(25)31)35-19(27-13)17(26)32)18(33)28-14-11-5-2-1-4-10(11)9-29-6-3-7-30(29)20(14)34/h1-2,4-5,12,14H,3,6-9H2,(H2,25,31)(H2,26,32)(H,28,33)/t12-,14+/m1/s1. The lowest BCUT2D eigenvalue weighted by atomic mass is 9.96. The van der Waals surface area contributed by atoms with E-state index in [0.29, 0.717) is 48.5 Å². The molecule has 0 bridgehead atoms. The van der Waals surface area contributed by atoms with Crippen molar-refractivity contribution in [1.82, 2.24) is 20.3 Å². The lowest BCUT2D eigenvalue weighted by molar-refractivity contribution is -0.183. The highest BCUT2D eigenvalue weighted by Crippen LogP contribution is 2.34. The molecule has 0 unspecified atom stereocenters. The molecule has 0 aliphatic carbocycles. The second kappa shape index (κ2) is 9.26. The highest BCUT2D eigenvalue weighted by molar-refractivity contribution is 7.15. The van der Waals surface area contributed by atoms with Gasteiger partial charge >= 0.3 is 6.18 Å². The molecule has 3 heterocycles. The number of nitrogens with two attached hydrogens (primary N) is 2. The molecule has 5 N–H and O–H groups in total. The fraction of sp³-hybridized carbons (Fsp3) is 0.381. The van der Waals surface area contributed by atoms with Gasteiger partial charge in [0.2, 0.25) is 5.91 Å². The first-order valence-corrected chi connectivity index (χ1v) is 11.4. The van der Waals surface area contributed by atoms with E-state index in [-0.39, 0.29) is 0 Å². The highest BCUT2D eigenvalue weighted by atomic mass is 32.1. The van der Waals surface area contributed by atoms with Crippen LogP contribution in [0.3, 0.4) is 0 Å². The van der Waals surface area contributed by atoms with E-state index in [1.54, 1.807) is 29.3 Å². The van der Waals surface area contributed by atoms with Crippen molar-refractivity contribution in [3.63, 3.8) is 0 Å². The van der Waals surface area contributed by atoms with Crippen LogP contribution < -0.4 is 16.8 Å². The number of primary amides is 2. The van der Waals surface area contributed by atoms with E-state index < -0.39 is 63.8 Å². The SMILES string of the molecule is NC(=O)c1nc(C[C@H](C(=O)N[C@@H]2C(=O)N3CCCN3Cc3ccccc32)C(F)(F)F)c(C(N)=O)s1. The smallest absolute Gasteiger partial charge is 0.365 e. The molecule has 4 amide bonds. The summed E-state index contributed by atoms with van der Waals surface area (Å²) in [6.07, 6.45) is -5.42. The van der Waals surface area contributed by atoms with Crippen LogP contribution in [0.2, 0.25) is 0 Å². The number of carbonyl (C=O) groups excluding carboxylic acids is 4. The van der Waals surface area contributed by atoms with Gasteiger partial charge in [0.25, 0.3) is 17.7 Å². The summed E-state index contributed by atoms with van der Waals surface area (Å²) in [7, 11) is 0. The van der Waals surface area contributed by atoms with E-state index in [0.717, 1.165) is 0 Å². The van der Waals surface area contributed by atoms with Gasteiger partial charge in [-0.25, -0.2) is 9.99 Å². The number of halogens is 3. The van der Waals surface area contributed by atoms with Crippen LogP contribution in [-0.4, -0.2) is 57.9 Å². The van der Waals surface area contributed by atoms with E-state index in [1.807, 2.05) is 0 Å². The Kier molecular flexibility index (Phi) is 6.51. The number of benzene rings is 1. The summed E-state index contributed by atoms with van der Waals surface area (Å²) in [4.78, 5) is 52.7. The van der Waals surface area contributed by atoms with E-state index >= 15 is 0 Å². The van der Waals surface area contributed by atoms with Gasteiger partial charge in [0.1, 0.15) is 16.8 Å². The van der Waals surface area contributed by atoms with E-state index in [1.165, 1.54) is 5.01 Å². The molecule has 186 valence electrons. The molecule has 0 saturated carbocycles. The summed E-state index contributed by atoms with van der Waals surface area (Å²) in [5.74, 6) is -6.83. The zero-order chi connectivity index (χ0) is 25.5. The summed E-state index contributed by atoms with van der Waals surface area (Å²) in [6.45, 7) is 1.38. The van der Waals surface area contributed by atoms with E-state index in [2.05, 4.69) is 10.3 Å². The van der Waals surface area contributed by atoms with Gasteiger partial charge < -0.3 is 16.8 Å². The molecule has 14 heteroatoms. The molecule has 1 fully saturated rings. The number of aromatic nitrogens is 1. The molecule has 2 atom stereocenters. The first-order chi connectivity index (χ1) is 16.5. The third-order valence-electron chi connectivity index (χ3n) is 5.88. The van der Waals surface area contributed by atoms with Gasteiger partial charge in [-0.05, 0) is 17.5 Å². The molecule has 2 aromatic rings. The van der Waals surface area contributed by atoms with Gasteiger partial charge in [0.05, 0.1) is 5.69 Å². The van der Waals surface area contributed by atoms with Crippen molar-refractivity contribution >= 4 is 35.0 Å². The quantitative estimate of drug-likeness (QED) is 0.525. The Morgan fingerprint density at radius 3 is 2.54 bits per heavy atom. The van der Waals surface area contributed by atoms with Gasteiger partial charge in [-0.1, -0.05) is 24.3 Å². The lowest BCUT2D eigenvalue weighted by Gasteiger charge is -2.28. The van der Waals surface area contributed by atoms with Crippen molar-refractivity contribution in [3.05, 3.63) is 51.0 Å². The van der Waals surface area contributed by atoms with Crippen LogP contribution in [0.15, 0.2) is 24.3 Å². The summed E-state index contributed by atoms with van der Waals surface area (Å²) >= 11 is 0.454. The van der Waals surface area contributed by atoms with Gasteiger partial charge in [0, 0.05) is 26.1 Å². The van der Waals surface area contributed by atoms with Crippen LogP contribution in [-0.2, 0) is 22.6 Å². The largest absolute Gasteiger partial charge is 0.400 e. The Hall–Kier alpha value is -3.52. The zero-order valence-electron chi connectivity index (χ0n) is 18.2. The van der Waals surface area contributed by atoms with Crippen molar-refractivity contribution in [2.24, 2.45) is 17.4 Å². The van der Waals surface area contributed by atoms with Gasteiger partial charge in [-0.2, -0.15) is 13.2 Å². The van der Waals surface area contributed by atoms with Gasteiger partial charge in [0.15, 0.2) is 5.01 Å². The fourth-order valence-corrected chi connectivity index (χ4v) is 5.04. The third kappa shape index (κ3) is 4.84. The van der Waals surface area contributed by atoms with Gasteiger partial charge in [-0.3, -0.25) is 24.2 Å². The molecule has 35 heavy (non-hydrogen) atoms. The number of nitrogens with one attached hydrogen (secondary N) is 1. The molecule has 1 saturated heterocycles. The van der Waals surface area contributed by atoms with Gasteiger partial charge in [-0.15, -0.1) is 11.3 Å². The van der Waals surface area contributed by atoms with Crippen LogP contribution in [0, 0.1) is 5.92 Å². The Morgan fingerprint density at radius 1 is 1.17 bits per heavy atom. The number of nitrogens with zero attached hydrogens (tertiary/aromatic N) is 3. The number of hydrogen-bond donors (Lipinski definition) is 3. The first kappa shape index (κ1) is 24.6. The minimum atomic E-state index is -5.05. The van der Waals surface area contributed by atoms with E-state index in [9.17, 15) is 32.3 Å². The number of rotatable bonds is 6. The number of thiazole rings is 1. The molecular formula is C21H21F3N6O4S. The summed E-state index contributed by atoms with van der Waals surface area (Å²) in [6, 6.07) is 5.40. The molecule has 1 aromatic carbocycles. The second-order valence-corrected chi connectivity index (χ2v) is 9.16. The second-order valence-electron chi connectivity index (χ2n) is 8.17. The van der Waals surface area contributed by atoms with Crippen molar-refractivity contribution in [1.29, 1.82) is 0 Å². The predicted octanol–water partition coefficient (Wildman–Crippen LogP) is 0.882. The molecular weight excluding hydrogens is 489 g/mol. The summed E-state index contributed by atoms with van der Waals surface area (Å²) in [5, 5.41) is 5.11. The van der Waals surface area contributed by atoms with Crippen LogP contribution >= 0.6 is 11.3 Å². The van der Waals surface area contributed by atoms with Crippen LogP contribution in [0.4, 0.5) is 13.2 Å². The number of hydrogen-bond acceptors (Lipinski definition) is 7. The average Bonchev–Trinajstić information content (AvgIpc) is 3.40. The van der Waals surface area contributed by atoms with Crippen molar-refractivity contribution < 1.29 is 32.3 Å². The Morgan fingerprint density at radius 2 is 1.89 bits per heavy atom. The number of hydrazine groups is 1. The normalized spacial score (nSPS) is 19.0. The minimum absolute atomic E-state index is 0.383. The first-order valence-electron chi connectivity index (χ1n) is 10.6. The lowest BCUT2D eigenvalue weighted by Crippen LogP contribution is -2.48. The number of fused-ring (bicyclic) bond motifs is 2. The average molecular weight is 510 g/mol. The van der Waals surface area contributed by atoms with Crippen molar-refractivity contribution in [2.45, 2.75) is 31.6 Å². The molecule has 2 aliphatic heterocycles. The van der Waals surface area contributed by atoms with Crippen LogP contribution in [0.1, 0.15) is 48.8 Å². The maximum absolute atomic E-state index is 14.0. The number of alkyl halides is 3. The predicted molar refractivity (Wildman–Crippen MR) is 116 cm³/mol. The Balaban J connectivity index is 1.66. The molecule has 2 aliphatic rings. The minimum Gasteiger partial charge on any atom is -0.365 e. The third-order valence-corrected chi connectivity index (χ3v) is 7.00. The highest BCUT2D eigenvalue weighted by Gasteiger charge is 2.48. The molecule has 10 nitrogen and oxygen atoms in total. The Labute approximate surface area is 201 Å². The molecule has 1 aromatic heterocycles. The van der Waals surface area contributed by atoms with Crippen molar-refractivity contribution in [2.75, 3.05) is 13.1 Å². The molecule has 4 rings (SSSR count). The topological polar surface area (TPSA) is 152 Å². The number of carbonyl (C=O) groups is 4. The monoisotopic (exact) mass is 510 g/mol.